The highest BCUT2D eigenvalue weighted by Crippen LogP contribution is 2.26. The van der Waals surface area contributed by atoms with Gasteiger partial charge in [-0.25, -0.2) is 22.9 Å². The zero-order valence-corrected chi connectivity index (χ0v) is 15.5. The average Bonchev–Trinajstić information content (AvgIpc) is 2.69. The molecule has 0 saturated carbocycles. The molecule has 1 aromatic carbocycles. The van der Waals surface area contributed by atoms with Crippen LogP contribution in [0.3, 0.4) is 0 Å². The molecule has 7 nitrogen and oxygen atoms in total. The van der Waals surface area contributed by atoms with Crippen LogP contribution in [0.4, 0.5) is 19.0 Å². The molecule has 10 heteroatoms. The van der Waals surface area contributed by atoms with Gasteiger partial charge >= 0.3 is 5.69 Å². The molecular weight excluding hydrogens is 387 g/mol. The van der Waals surface area contributed by atoms with E-state index in [1.165, 1.54) is 6.20 Å². The van der Waals surface area contributed by atoms with Gasteiger partial charge in [0.15, 0.2) is 17.3 Å². The molecule has 1 atom stereocenters. The van der Waals surface area contributed by atoms with Crippen molar-refractivity contribution in [1.82, 2.24) is 19.6 Å². The Bertz CT molecular complexity index is 1140. The number of benzene rings is 1. The van der Waals surface area contributed by atoms with Crippen LogP contribution in [0.1, 0.15) is 12.5 Å². The summed E-state index contributed by atoms with van der Waals surface area (Å²) >= 11 is 0. The third kappa shape index (κ3) is 3.51. The largest absolute Gasteiger partial charge is 0.422 e. The van der Waals surface area contributed by atoms with E-state index in [1.807, 2.05) is 16.7 Å². The summed E-state index contributed by atoms with van der Waals surface area (Å²) in [5.41, 5.74) is -0.772. The number of hydrogen-bond acceptors (Lipinski definition) is 6. The molecule has 0 unspecified atom stereocenters. The van der Waals surface area contributed by atoms with Crippen LogP contribution in [0.25, 0.3) is 11.0 Å². The Kier molecular flexibility index (Phi) is 4.87. The van der Waals surface area contributed by atoms with Gasteiger partial charge in [-0.15, -0.1) is 4.73 Å². The van der Waals surface area contributed by atoms with Crippen LogP contribution in [-0.2, 0) is 6.54 Å². The molecule has 0 bridgehead atoms. The van der Waals surface area contributed by atoms with Crippen LogP contribution in [0, 0.1) is 17.5 Å². The number of hydrogen-bond donors (Lipinski definition) is 1. The van der Waals surface area contributed by atoms with E-state index in [0.29, 0.717) is 41.6 Å². The maximum Gasteiger partial charge on any atom is 0.384 e. The molecule has 1 aliphatic rings. The summed E-state index contributed by atoms with van der Waals surface area (Å²) in [4.78, 5) is 23.8. The van der Waals surface area contributed by atoms with Crippen molar-refractivity contribution < 1.29 is 18.4 Å². The minimum absolute atomic E-state index is 0.0428. The normalized spacial score (nSPS) is 17.8. The predicted molar refractivity (Wildman–Crippen MR) is 99.4 cm³/mol. The molecule has 2 aromatic heterocycles. The molecule has 1 saturated heterocycles. The van der Waals surface area contributed by atoms with E-state index in [2.05, 4.69) is 9.97 Å². The highest BCUT2D eigenvalue weighted by molar-refractivity contribution is 5.87. The van der Waals surface area contributed by atoms with E-state index in [9.17, 15) is 23.2 Å². The van der Waals surface area contributed by atoms with Crippen molar-refractivity contribution in [3.05, 3.63) is 64.0 Å². The second-order valence-corrected chi connectivity index (χ2v) is 7.04. The van der Waals surface area contributed by atoms with Gasteiger partial charge in [0.25, 0.3) is 0 Å². The summed E-state index contributed by atoms with van der Waals surface area (Å²) in [5.74, 6) is -2.68. The molecule has 3 aromatic rings. The van der Waals surface area contributed by atoms with Crippen LogP contribution in [-0.4, -0.2) is 50.5 Å². The highest BCUT2D eigenvalue weighted by Gasteiger charge is 2.28. The number of anilines is 1. The van der Waals surface area contributed by atoms with Crippen molar-refractivity contribution >= 4 is 16.9 Å². The first-order valence-corrected chi connectivity index (χ1v) is 9.04. The van der Waals surface area contributed by atoms with Gasteiger partial charge in [-0.05, 0) is 25.1 Å². The lowest BCUT2D eigenvalue weighted by molar-refractivity contribution is 0.181. The number of nitrogens with zero attached hydrogens (tertiary/aromatic N) is 5. The van der Waals surface area contributed by atoms with E-state index < -0.39 is 23.1 Å². The number of fused-ring (bicyclic) bond motifs is 1. The topological polar surface area (TPSA) is 74.5 Å². The molecule has 3 heterocycles. The summed E-state index contributed by atoms with van der Waals surface area (Å²) in [5, 5.41) is 10.4. The minimum Gasteiger partial charge on any atom is -0.422 e. The molecule has 1 N–H and O–H groups in total. The molecule has 1 fully saturated rings. The van der Waals surface area contributed by atoms with Gasteiger partial charge in [0, 0.05) is 50.0 Å². The van der Waals surface area contributed by atoms with Crippen molar-refractivity contribution in [2.45, 2.75) is 19.5 Å². The van der Waals surface area contributed by atoms with Crippen LogP contribution in [0.2, 0.25) is 0 Å². The molecule has 4 rings (SSSR count). The lowest BCUT2D eigenvalue weighted by Crippen LogP contribution is -2.52. The Morgan fingerprint density at radius 2 is 2.03 bits per heavy atom. The standard InChI is InChI=1S/C19H18F3N5O2/c1-11-9-25(10-12-7-13(20)8-15(21)16(12)22)5-6-26(11)18-14-3-2-4-23-17(14)27(29)19(28)24-18/h2-4,7-8,11,29H,5-6,9-10H2,1H3/t11-/m1/s1. The molecule has 0 spiro atoms. The fraction of sp³-hybridized carbons (Fsp3) is 0.316. The van der Waals surface area contributed by atoms with Gasteiger partial charge < -0.3 is 10.1 Å². The second-order valence-electron chi connectivity index (χ2n) is 7.04. The SMILES string of the molecule is C[C@@H]1CN(Cc2cc(F)cc(F)c2F)CCN1c1nc(=O)n(O)c2ncccc12. The first-order valence-electron chi connectivity index (χ1n) is 9.04. The highest BCUT2D eigenvalue weighted by atomic mass is 19.2. The second kappa shape index (κ2) is 7.36. The molecule has 0 amide bonds. The lowest BCUT2D eigenvalue weighted by Gasteiger charge is -2.40. The molecule has 152 valence electrons. The van der Waals surface area contributed by atoms with Crippen LogP contribution >= 0.6 is 0 Å². The Morgan fingerprint density at radius 3 is 2.79 bits per heavy atom. The van der Waals surface area contributed by atoms with Crippen molar-refractivity contribution in [2.75, 3.05) is 24.5 Å². The van der Waals surface area contributed by atoms with E-state index in [-0.39, 0.29) is 23.8 Å². The van der Waals surface area contributed by atoms with E-state index in [1.54, 1.807) is 12.1 Å². The Hall–Kier alpha value is -3.14. The lowest BCUT2D eigenvalue weighted by atomic mass is 10.1. The quantitative estimate of drug-likeness (QED) is 0.532. The monoisotopic (exact) mass is 405 g/mol. The summed E-state index contributed by atoms with van der Waals surface area (Å²) in [6.07, 6.45) is 1.46. The van der Waals surface area contributed by atoms with Gasteiger partial charge in [0.1, 0.15) is 11.6 Å². The molecule has 0 aliphatic carbocycles. The molecule has 29 heavy (non-hydrogen) atoms. The van der Waals surface area contributed by atoms with Crippen molar-refractivity contribution in [3.8, 4) is 0 Å². The van der Waals surface area contributed by atoms with E-state index >= 15 is 0 Å². The van der Waals surface area contributed by atoms with E-state index in [4.69, 9.17) is 0 Å². The first-order chi connectivity index (χ1) is 13.8. The number of piperazine rings is 1. The zero-order chi connectivity index (χ0) is 20.7. The van der Waals surface area contributed by atoms with Crippen molar-refractivity contribution in [1.29, 1.82) is 0 Å². The maximum atomic E-state index is 14.0. The molecule has 0 radical (unpaired) electrons. The van der Waals surface area contributed by atoms with Crippen LogP contribution in [0.15, 0.2) is 35.3 Å². The summed E-state index contributed by atoms with van der Waals surface area (Å²) in [6.45, 7) is 3.35. The van der Waals surface area contributed by atoms with Gasteiger partial charge in [-0.3, -0.25) is 4.90 Å². The van der Waals surface area contributed by atoms with E-state index in [0.717, 1.165) is 6.07 Å². The minimum atomic E-state index is -1.21. The smallest absolute Gasteiger partial charge is 0.384 e. The number of rotatable bonds is 3. The van der Waals surface area contributed by atoms with Gasteiger partial charge in [-0.1, -0.05) is 0 Å². The third-order valence-corrected chi connectivity index (χ3v) is 5.06. The Morgan fingerprint density at radius 1 is 1.24 bits per heavy atom. The first kappa shape index (κ1) is 19.2. The Balaban J connectivity index is 1.59. The van der Waals surface area contributed by atoms with Crippen molar-refractivity contribution in [2.24, 2.45) is 0 Å². The maximum absolute atomic E-state index is 14.0. The summed E-state index contributed by atoms with van der Waals surface area (Å²) in [6, 6.07) is 4.78. The molecular formula is C19H18F3N5O2. The summed E-state index contributed by atoms with van der Waals surface area (Å²) in [7, 11) is 0. The number of aromatic nitrogens is 3. The van der Waals surface area contributed by atoms with Gasteiger partial charge in [0.2, 0.25) is 0 Å². The fourth-order valence-electron chi connectivity index (χ4n) is 3.70. The zero-order valence-electron chi connectivity index (χ0n) is 15.5. The predicted octanol–water partition coefficient (Wildman–Crippen LogP) is 2.16. The van der Waals surface area contributed by atoms with Crippen LogP contribution < -0.4 is 10.6 Å². The van der Waals surface area contributed by atoms with Crippen LogP contribution in [0.5, 0.6) is 0 Å². The number of halogens is 3. The third-order valence-electron chi connectivity index (χ3n) is 5.06. The van der Waals surface area contributed by atoms with Gasteiger partial charge in [0.05, 0.1) is 5.39 Å². The summed E-state index contributed by atoms with van der Waals surface area (Å²) < 4.78 is 41.3. The molecule has 1 aliphatic heterocycles. The van der Waals surface area contributed by atoms with Gasteiger partial charge in [-0.2, -0.15) is 4.98 Å². The number of pyridine rings is 1. The average molecular weight is 405 g/mol. The fourth-order valence-corrected chi connectivity index (χ4v) is 3.70. The Labute approximate surface area is 163 Å². The van der Waals surface area contributed by atoms with Crippen molar-refractivity contribution in [3.63, 3.8) is 0 Å².